The number of benzene rings is 3. The highest BCUT2D eigenvalue weighted by Crippen LogP contribution is 2.35. The number of hydrogen-bond donors (Lipinski definition) is 2. The highest BCUT2D eigenvalue weighted by Gasteiger charge is 2.18. The number of nitrogens with one attached hydrogen (secondary N) is 1. The predicted octanol–water partition coefficient (Wildman–Crippen LogP) is 6.40. The Morgan fingerprint density at radius 3 is 2.50 bits per heavy atom. The molecule has 0 aliphatic rings. The highest BCUT2D eigenvalue weighted by molar-refractivity contribution is 6.13. The maximum atomic E-state index is 13.6. The molecule has 0 saturated heterocycles. The second-order valence-electron chi connectivity index (χ2n) is 8.90. The smallest absolute Gasteiger partial charge is 0.302 e. The van der Waals surface area contributed by atoms with Gasteiger partial charge in [-0.15, -0.1) is 10.2 Å². The van der Waals surface area contributed by atoms with Crippen LogP contribution in [0.4, 0.5) is 5.69 Å². The van der Waals surface area contributed by atoms with Crippen molar-refractivity contribution in [2.75, 3.05) is 6.61 Å². The van der Waals surface area contributed by atoms with Gasteiger partial charge in [-0.2, -0.15) is 0 Å². The van der Waals surface area contributed by atoms with E-state index in [0.29, 0.717) is 39.1 Å². The van der Waals surface area contributed by atoms with Crippen molar-refractivity contribution in [3.05, 3.63) is 114 Å². The van der Waals surface area contributed by atoms with Crippen LogP contribution >= 0.6 is 0 Å². The number of aromatic nitrogens is 3. The summed E-state index contributed by atoms with van der Waals surface area (Å²) in [5.74, 6) is -0.619. The molecule has 0 aliphatic heterocycles. The second-order valence-corrected chi connectivity index (χ2v) is 8.90. The average molecular weight is 528 g/mol. The molecule has 3 aromatic carbocycles. The molecule has 3 heterocycles. The van der Waals surface area contributed by atoms with Crippen LogP contribution in [-0.2, 0) is 4.79 Å². The van der Waals surface area contributed by atoms with Crippen LogP contribution in [0.25, 0.3) is 33.2 Å². The topological polar surface area (TPSA) is 130 Å². The first-order valence-electron chi connectivity index (χ1n) is 12.4. The minimum Gasteiger partial charge on any atom is -0.493 e. The standard InChI is InChI=1S/C31H21N5O4/c37-26(35-36-28-23-10-4-5-11-25(23)33-31(28)39)18-40-22-14-12-20(13-15-22)29(38)24-17-21-9-6-16-32-30(21)34-27(24)19-7-2-1-3-8-19/h1-17,33,39H,18H2. The number of ketones is 1. The first kappa shape index (κ1) is 24.6. The first-order valence-corrected chi connectivity index (χ1v) is 12.4. The van der Waals surface area contributed by atoms with Gasteiger partial charge in [-0.3, -0.25) is 9.59 Å². The summed E-state index contributed by atoms with van der Waals surface area (Å²) in [5.41, 5.74) is 3.68. The van der Waals surface area contributed by atoms with Crippen LogP contribution < -0.4 is 4.74 Å². The zero-order chi connectivity index (χ0) is 27.5. The van der Waals surface area contributed by atoms with E-state index in [2.05, 4.69) is 25.2 Å². The Labute approximate surface area is 227 Å². The molecule has 9 nitrogen and oxygen atoms in total. The van der Waals surface area contributed by atoms with E-state index in [9.17, 15) is 14.7 Å². The fraction of sp³-hybridized carbons (Fsp3) is 0.0323. The summed E-state index contributed by atoms with van der Waals surface area (Å²) in [4.78, 5) is 37.6. The number of nitrogens with zero attached hydrogens (tertiary/aromatic N) is 4. The minimum atomic E-state index is -0.631. The Bertz CT molecular complexity index is 1900. The Morgan fingerprint density at radius 2 is 1.68 bits per heavy atom. The van der Waals surface area contributed by atoms with Crippen LogP contribution in [0.1, 0.15) is 15.9 Å². The highest BCUT2D eigenvalue weighted by atomic mass is 16.5. The Kier molecular flexibility index (Phi) is 6.51. The van der Waals surface area contributed by atoms with Gasteiger partial charge in [-0.05, 0) is 48.5 Å². The summed E-state index contributed by atoms with van der Waals surface area (Å²) in [5, 5.41) is 19.0. The molecular weight excluding hydrogens is 506 g/mol. The van der Waals surface area contributed by atoms with Crippen LogP contribution in [0.2, 0.25) is 0 Å². The summed E-state index contributed by atoms with van der Waals surface area (Å²) in [6, 6.07) is 28.6. The number of hydrogen-bond acceptors (Lipinski definition) is 7. The fourth-order valence-electron chi connectivity index (χ4n) is 4.35. The second kappa shape index (κ2) is 10.6. The van der Waals surface area contributed by atoms with Crippen LogP contribution in [0.3, 0.4) is 0 Å². The number of azo groups is 1. The van der Waals surface area contributed by atoms with Gasteiger partial charge in [0.2, 0.25) is 5.88 Å². The summed E-state index contributed by atoms with van der Waals surface area (Å²) >= 11 is 0. The number of carbonyl (C=O) groups excluding carboxylic acids is 2. The van der Waals surface area contributed by atoms with Crippen LogP contribution in [0, 0.1) is 0 Å². The average Bonchev–Trinajstić information content (AvgIpc) is 3.33. The summed E-state index contributed by atoms with van der Waals surface area (Å²) < 4.78 is 5.54. The van der Waals surface area contributed by atoms with E-state index in [1.165, 1.54) is 0 Å². The molecule has 0 spiro atoms. The molecule has 3 aromatic heterocycles. The Balaban J connectivity index is 1.18. The lowest BCUT2D eigenvalue weighted by Gasteiger charge is -2.11. The van der Waals surface area contributed by atoms with Crippen LogP contribution in [0.15, 0.2) is 113 Å². The minimum absolute atomic E-state index is 0.174. The van der Waals surface area contributed by atoms with Crippen molar-refractivity contribution in [3.8, 4) is 22.9 Å². The third-order valence-electron chi connectivity index (χ3n) is 6.28. The quantitative estimate of drug-likeness (QED) is 0.182. The molecule has 0 atom stereocenters. The molecule has 0 bridgehead atoms. The van der Waals surface area contributed by atoms with E-state index in [1.54, 1.807) is 60.8 Å². The van der Waals surface area contributed by atoms with Gasteiger partial charge in [0.05, 0.1) is 11.2 Å². The lowest BCUT2D eigenvalue weighted by atomic mass is 9.97. The van der Waals surface area contributed by atoms with Crippen molar-refractivity contribution in [2.45, 2.75) is 0 Å². The molecule has 0 fully saturated rings. The Hall–Kier alpha value is -5.70. The van der Waals surface area contributed by atoms with E-state index in [-0.39, 0.29) is 24.0 Å². The predicted molar refractivity (Wildman–Crippen MR) is 150 cm³/mol. The fourth-order valence-corrected chi connectivity index (χ4v) is 4.35. The van der Waals surface area contributed by atoms with Crippen molar-refractivity contribution in [1.29, 1.82) is 0 Å². The molecular formula is C31H21N5O4. The van der Waals surface area contributed by atoms with E-state index in [4.69, 9.17) is 4.74 Å². The molecule has 2 N–H and O–H groups in total. The first-order chi connectivity index (χ1) is 19.6. The van der Waals surface area contributed by atoms with Crippen LogP contribution in [-0.4, -0.2) is 38.4 Å². The zero-order valence-electron chi connectivity index (χ0n) is 21.0. The molecule has 0 saturated carbocycles. The number of amides is 1. The van der Waals surface area contributed by atoms with E-state index in [0.717, 1.165) is 10.9 Å². The molecule has 9 heteroatoms. The van der Waals surface area contributed by atoms with Gasteiger partial charge >= 0.3 is 5.91 Å². The number of aromatic hydroxyl groups is 1. The summed E-state index contributed by atoms with van der Waals surface area (Å²) in [7, 11) is 0. The van der Waals surface area contributed by atoms with Gasteiger partial charge < -0.3 is 14.8 Å². The maximum absolute atomic E-state index is 13.6. The maximum Gasteiger partial charge on any atom is 0.302 e. The molecule has 194 valence electrons. The van der Waals surface area contributed by atoms with Gasteiger partial charge in [0, 0.05) is 33.7 Å². The number of aromatic amines is 1. The number of carbonyl (C=O) groups is 2. The molecule has 1 amide bonds. The number of H-pyrrole nitrogens is 1. The van der Waals surface area contributed by atoms with Gasteiger partial charge in [-0.1, -0.05) is 48.5 Å². The molecule has 40 heavy (non-hydrogen) atoms. The van der Waals surface area contributed by atoms with Crippen LogP contribution in [0.5, 0.6) is 11.6 Å². The van der Waals surface area contributed by atoms with Gasteiger partial charge in [0.1, 0.15) is 5.75 Å². The van der Waals surface area contributed by atoms with Gasteiger partial charge in [0.25, 0.3) is 0 Å². The number of para-hydroxylation sites is 1. The lowest BCUT2D eigenvalue weighted by Crippen LogP contribution is -2.09. The number of ether oxygens (including phenoxy) is 1. The number of rotatable bonds is 7. The summed E-state index contributed by atoms with van der Waals surface area (Å²) in [6.45, 7) is -0.361. The third-order valence-corrected chi connectivity index (χ3v) is 6.28. The molecule has 0 radical (unpaired) electrons. The summed E-state index contributed by atoms with van der Waals surface area (Å²) in [6.07, 6.45) is 1.67. The monoisotopic (exact) mass is 527 g/mol. The Morgan fingerprint density at radius 1 is 0.900 bits per heavy atom. The largest absolute Gasteiger partial charge is 0.493 e. The molecule has 6 rings (SSSR count). The van der Waals surface area contributed by atoms with E-state index in [1.807, 2.05) is 42.5 Å². The zero-order valence-corrected chi connectivity index (χ0v) is 21.0. The van der Waals surface area contributed by atoms with Crippen molar-refractivity contribution in [3.63, 3.8) is 0 Å². The molecule has 0 aliphatic carbocycles. The van der Waals surface area contributed by atoms with Gasteiger partial charge in [0.15, 0.2) is 23.7 Å². The SMILES string of the molecule is O=C(COc1ccc(C(=O)c2cc3cccnc3nc2-c2ccccc2)cc1)N=Nc1c(O)[nH]c2ccccc12. The van der Waals surface area contributed by atoms with Gasteiger partial charge in [-0.25, -0.2) is 9.97 Å². The van der Waals surface area contributed by atoms with Crippen molar-refractivity contribution in [1.82, 2.24) is 15.0 Å². The normalized spacial score (nSPS) is 11.3. The third kappa shape index (κ3) is 4.91. The van der Waals surface area contributed by atoms with Crippen molar-refractivity contribution < 1.29 is 19.4 Å². The van der Waals surface area contributed by atoms with E-state index >= 15 is 0 Å². The van der Waals surface area contributed by atoms with E-state index < -0.39 is 5.91 Å². The molecule has 6 aromatic rings. The van der Waals surface area contributed by atoms with Crippen molar-refractivity contribution in [2.24, 2.45) is 10.2 Å². The number of pyridine rings is 2. The number of fused-ring (bicyclic) bond motifs is 2. The van der Waals surface area contributed by atoms with Crippen molar-refractivity contribution >= 4 is 39.3 Å². The lowest BCUT2D eigenvalue weighted by molar-refractivity contribution is -0.120. The molecule has 0 unspecified atom stereocenters.